The zero-order valence-corrected chi connectivity index (χ0v) is 17.7. The van der Waals surface area contributed by atoms with Gasteiger partial charge in [0.15, 0.2) is 5.69 Å². The van der Waals surface area contributed by atoms with Crippen molar-refractivity contribution in [3.05, 3.63) is 46.4 Å². The molecule has 158 valence electrons. The summed E-state index contributed by atoms with van der Waals surface area (Å²) in [5.41, 5.74) is 2.78. The minimum atomic E-state index is -0.177. The Morgan fingerprint density at radius 1 is 1.33 bits per heavy atom. The lowest BCUT2D eigenvalue weighted by atomic mass is 10.0. The molecule has 0 radical (unpaired) electrons. The topological polar surface area (TPSA) is 110 Å². The first-order chi connectivity index (χ1) is 14.4. The Morgan fingerprint density at radius 3 is 2.93 bits per heavy atom. The maximum Gasteiger partial charge on any atom is 0.317 e. The van der Waals surface area contributed by atoms with E-state index < -0.39 is 0 Å². The molecule has 2 aromatic heterocycles. The molecule has 1 aliphatic heterocycles. The first-order valence-electron chi connectivity index (χ1n) is 9.87. The Kier molecular flexibility index (Phi) is 5.63. The van der Waals surface area contributed by atoms with Crippen molar-refractivity contribution in [2.75, 3.05) is 20.1 Å². The van der Waals surface area contributed by atoms with Gasteiger partial charge in [0.1, 0.15) is 0 Å². The van der Waals surface area contributed by atoms with Crippen LogP contribution >= 0.6 is 11.6 Å². The molecule has 30 heavy (non-hydrogen) atoms. The molecule has 1 atom stereocenters. The molecular formula is C20H24ClN7O2. The number of halogens is 1. The summed E-state index contributed by atoms with van der Waals surface area (Å²) in [6.45, 7) is 3.24. The number of benzene rings is 1. The summed E-state index contributed by atoms with van der Waals surface area (Å²) >= 11 is 6.03. The molecule has 0 spiro atoms. The van der Waals surface area contributed by atoms with Crippen LogP contribution in [0.15, 0.2) is 24.3 Å². The number of likely N-dealkylation sites (tertiary alicyclic amines) is 1. The predicted molar refractivity (Wildman–Crippen MR) is 113 cm³/mol. The van der Waals surface area contributed by atoms with Crippen molar-refractivity contribution in [1.82, 2.24) is 35.5 Å². The molecule has 1 aromatic carbocycles. The normalized spacial score (nSPS) is 16.6. The molecule has 3 N–H and O–H groups in total. The van der Waals surface area contributed by atoms with Gasteiger partial charge in [0.05, 0.1) is 18.3 Å². The van der Waals surface area contributed by atoms with Crippen molar-refractivity contribution in [1.29, 1.82) is 0 Å². The average molecular weight is 430 g/mol. The van der Waals surface area contributed by atoms with E-state index in [2.05, 4.69) is 25.7 Å². The summed E-state index contributed by atoms with van der Waals surface area (Å²) in [5.74, 6) is -0.156. The highest BCUT2D eigenvalue weighted by Crippen LogP contribution is 2.20. The van der Waals surface area contributed by atoms with E-state index in [1.54, 1.807) is 23.8 Å². The highest BCUT2D eigenvalue weighted by Gasteiger charge is 2.30. The number of urea groups is 1. The number of nitrogens with zero attached hydrogens (tertiary/aromatic N) is 4. The van der Waals surface area contributed by atoms with Gasteiger partial charge in [-0.1, -0.05) is 11.6 Å². The van der Waals surface area contributed by atoms with Crippen LogP contribution in [0.4, 0.5) is 4.79 Å². The zero-order valence-electron chi connectivity index (χ0n) is 16.9. The third-order valence-corrected chi connectivity index (χ3v) is 5.78. The minimum absolute atomic E-state index is 0.0589. The van der Waals surface area contributed by atoms with Crippen molar-refractivity contribution < 1.29 is 9.59 Å². The van der Waals surface area contributed by atoms with Crippen LogP contribution in [0, 0.1) is 6.92 Å². The predicted octanol–water partition coefficient (Wildman–Crippen LogP) is 2.69. The molecule has 4 rings (SSSR count). The number of hydrogen-bond acceptors (Lipinski definition) is 4. The molecule has 1 aliphatic rings. The fourth-order valence-electron chi connectivity index (χ4n) is 3.81. The van der Waals surface area contributed by atoms with Crippen LogP contribution in [0.25, 0.3) is 10.9 Å². The second-order valence-electron chi connectivity index (χ2n) is 7.60. The van der Waals surface area contributed by atoms with E-state index >= 15 is 0 Å². The minimum Gasteiger partial charge on any atom is -0.357 e. The molecular weight excluding hydrogens is 406 g/mol. The quantitative estimate of drug-likeness (QED) is 0.592. The molecule has 1 saturated heterocycles. The third kappa shape index (κ3) is 4.11. The van der Waals surface area contributed by atoms with Gasteiger partial charge in [-0.25, -0.2) is 4.79 Å². The number of piperidine rings is 1. The Labute approximate surface area is 178 Å². The van der Waals surface area contributed by atoms with E-state index in [1.165, 1.54) is 0 Å². The number of aromatic nitrogens is 4. The summed E-state index contributed by atoms with van der Waals surface area (Å²) in [7, 11) is 1.76. The lowest BCUT2D eigenvalue weighted by Gasteiger charge is -2.37. The van der Waals surface area contributed by atoms with Crippen LogP contribution in [0.1, 0.15) is 34.7 Å². The summed E-state index contributed by atoms with van der Waals surface area (Å²) in [5, 5.41) is 15.0. The van der Waals surface area contributed by atoms with Crippen LogP contribution in [-0.4, -0.2) is 68.3 Å². The fraction of sp³-hybridized carbons (Fsp3) is 0.400. The first kappa shape index (κ1) is 20.2. The van der Waals surface area contributed by atoms with Crippen molar-refractivity contribution in [2.24, 2.45) is 0 Å². The molecule has 0 aliphatic carbocycles. The molecule has 0 bridgehead atoms. The average Bonchev–Trinajstić information content (AvgIpc) is 3.36. The molecule has 3 aromatic rings. The van der Waals surface area contributed by atoms with Gasteiger partial charge in [0.2, 0.25) is 0 Å². The van der Waals surface area contributed by atoms with Crippen molar-refractivity contribution in [2.45, 2.75) is 32.4 Å². The molecule has 3 amide bonds. The maximum absolute atomic E-state index is 12.7. The van der Waals surface area contributed by atoms with E-state index in [0.717, 1.165) is 29.4 Å². The van der Waals surface area contributed by atoms with Crippen LogP contribution < -0.4 is 5.32 Å². The Balaban J connectivity index is 1.35. The monoisotopic (exact) mass is 429 g/mol. The standard InChI is InChI=1S/C20H24ClN7O2/c1-12-18(25-26-24-12)19(29)28-7-3-4-16(11-28)27(2)20(30)22-10-15-9-13-8-14(21)5-6-17(13)23-15/h5-6,8-9,16,23H,3-4,7,10-11H2,1-2H3,(H,22,30)(H,24,25,26)/t16-/m1/s1. The highest BCUT2D eigenvalue weighted by atomic mass is 35.5. The molecule has 0 saturated carbocycles. The number of likely N-dealkylation sites (N-methyl/N-ethyl adjacent to an activating group) is 1. The molecule has 0 unspecified atom stereocenters. The van der Waals surface area contributed by atoms with Gasteiger partial charge in [-0.05, 0) is 44.0 Å². The van der Waals surface area contributed by atoms with Crippen LogP contribution in [0.5, 0.6) is 0 Å². The van der Waals surface area contributed by atoms with Gasteiger partial charge in [-0.3, -0.25) is 4.79 Å². The van der Waals surface area contributed by atoms with E-state index in [9.17, 15) is 9.59 Å². The lowest BCUT2D eigenvalue weighted by Crippen LogP contribution is -2.52. The van der Waals surface area contributed by atoms with E-state index in [-0.39, 0.29) is 18.0 Å². The number of amides is 3. The van der Waals surface area contributed by atoms with E-state index in [1.807, 2.05) is 24.3 Å². The van der Waals surface area contributed by atoms with Crippen molar-refractivity contribution >= 4 is 34.4 Å². The van der Waals surface area contributed by atoms with Crippen molar-refractivity contribution in [3.8, 4) is 0 Å². The Morgan fingerprint density at radius 2 is 2.17 bits per heavy atom. The lowest BCUT2D eigenvalue weighted by molar-refractivity contribution is 0.0629. The van der Waals surface area contributed by atoms with Crippen LogP contribution in [0.2, 0.25) is 5.02 Å². The second-order valence-corrected chi connectivity index (χ2v) is 8.04. The van der Waals surface area contributed by atoms with Crippen LogP contribution in [-0.2, 0) is 6.54 Å². The second kappa shape index (κ2) is 8.35. The Bertz CT molecular complexity index is 1080. The number of aromatic amines is 2. The Hall–Kier alpha value is -3.07. The van der Waals surface area contributed by atoms with E-state index in [0.29, 0.717) is 36.0 Å². The molecule has 3 heterocycles. The van der Waals surface area contributed by atoms with Gasteiger partial charge in [-0.2, -0.15) is 15.4 Å². The molecule has 9 nitrogen and oxygen atoms in total. The smallest absolute Gasteiger partial charge is 0.317 e. The summed E-state index contributed by atoms with van der Waals surface area (Å²) in [6, 6.07) is 7.37. The number of carbonyl (C=O) groups is 2. The first-order valence-corrected chi connectivity index (χ1v) is 10.2. The number of fused-ring (bicyclic) bond motifs is 1. The highest BCUT2D eigenvalue weighted by molar-refractivity contribution is 6.31. The van der Waals surface area contributed by atoms with Gasteiger partial charge < -0.3 is 20.1 Å². The zero-order chi connectivity index (χ0) is 21.3. The third-order valence-electron chi connectivity index (χ3n) is 5.55. The van der Waals surface area contributed by atoms with Gasteiger partial charge >= 0.3 is 6.03 Å². The number of carbonyl (C=O) groups excluding carboxylic acids is 2. The largest absolute Gasteiger partial charge is 0.357 e. The fourth-order valence-corrected chi connectivity index (χ4v) is 3.99. The number of hydrogen-bond donors (Lipinski definition) is 3. The number of nitrogens with one attached hydrogen (secondary N) is 3. The number of rotatable bonds is 4. The van der Waals surface area contributed by atoms with Crippen molar-refractivity contribution in [3.63, 3.8) is 0 Å². The SMILES string of the molecule is Cc1n[nH]nc1C(=O)N1CCC[C@@H](N(C)C(=O)NCc2cc3cc(Cl)ccc3[nH]2)C1. The van der Waals surface area contributed by atoms with Crippen LogP contribution in [0.3, 0.4) is 0 Å². The summed E-state index contributed by atoms with van der Waals surface area (Å²) in [4.78, 5) is 32.1. The summed E-state index contributed by atoms with van der Waals surface area (Å²) in [6.07, 6.45) is 1.67. The van der Waals surface area contributed by atoms with E-state index in [4.69, 9.17) is 11.6 Å². The van der Waals surface area contributed by atoms with Gasteiger partial charge in [0.25, 0.3) is 5.91 Å². The maximum atomic E-state index is 12.7. The number of H-pyrrole nitrogens is 2. The van der Waals surface area contributed by atoms with Gasteiger partial charge in [-0.15, -0.1) is 0 Å². The summed E-state index contributed by atoms with van der Waals surface area (Å²) < 4.78 is 0. The van der Waals surface area contributed by atoms with Gasteiger partial charge in [0, 0.05) is 41.8 Å². The number of aryl methyl sites for hydroxylation is 1. The molecule has 1 fully saturated rings. The molecule has 10 heteroatoms.